The molecule has 1 aliphatic rings. The maximum Gasteiger partial charge on any atom is 0.224 e. The fraction of sp³-hybridized carbons (Fsp3) is 0.304. The van der Waals surface area contributed by atoms with Crippen LogP contribution in [0.2, 0.25) is 5.02 Å². The van der Waals surface area contributed by atoms with Crippen molar-refractivity contribution in [2.75, 3.05) is 7.11 Å². The fourth-order valence-electron chi connectivity index (χ4n) is 3.87. The molecule has 0 saturated carbocycles. The van der Waals surface area contributed by atoms with Gasteiger partial charge in [-0.05, 0) is 48.6 Å². The van der Waals surface area contributed by atoms with Gasteiger partial charge in [-0.1, -0.05) is 41.9 Å². The molecular formula is C23H24ClN3O2. The lowest BCUT2D eigenvalue weighted by Gasteiger charge is -2.24. The van der Waals surface area contributed by atoms with Gasteiger partial charge in [0.05, 0.1) is 32.3 Å². The van der Waals surface area contributed by atoms with Crippen molar-refractivity contribution in [1.82, 2.24) is 15.1 Å². The van der Waals surface area contributed by atoms with Crippen molar-refractivity contribution in [1.29, 1.82) is 0 Å². The van der Waals surface area contributed by atoms with E-state index < -0.39 is 0 Å². The molecule has 6 heteroatoms. The molecule has 5 nitrogen and oxygen atoms in total. The van der Waals surface area contributed by atoms with Gasteiger partial charge in [-0.25, -0.2) is 0 Å². The van der Waals surface area contributed by atoms with Crippen LogP contribution in [0.5, 0.6) is 5.75 Å². The molecule has 0 spiro atoms. The number of halogens is 1. The van der Waals surface area contributed by atoms with E-state index in [4.69, 9.17) is 16.3 Å². The molecule has 0 unspecified atom stereocenters. The fourth-order valence-corrected chi connectivity index (χ4v) is 4.06. The third-order valence-electron chi connectivity index (χ3n) is 5.40. The third kappa shape index (κ3) is 4.46. The molecule has 2 aromatic carbocycles. The normalized spacial score (nSPS) is 15.6. The summed E-state index contributed by atoms with van der Waals surface area (Å²) < 4.78 is 7.18. The maximum atomic E-state index is 12.6. The average molecular weight is 410 g/mol. The van der Waals surface area contributed by atoms with Crippen LogP contribution in [-0.4, -0.2) is 22.8 Å². The number of nitrogens with one attached hydrogen (secondary N) is 1. The molecule has 0 radical (unpaired) electrons. The van der Waals surface area contributed by atoms with Crippen LogP contribution < -0.4 is 10.1 Å². The van der Waals surface area contributed by atoms with Crippen molar-refractivity contribution in [2.45, 2.75) is 38.3 Å². The first kappa shape index (κ1) is 19.5. The first-order valence-corrected chi connectivity index (χ1v) is 10.2. The number of fused-ring (bicyclic) bond motifs is 1. The van der Waals surface area contributed by atoms with E-state index in [0.29, 0.717) is 13.0 Å². The highest BCUT2D eigenvalue weighted by molar-refractivity contribution is 6.31. The second-order valence-electron chi connectivity index (χ2n) is 7.33. The zero-order valence-electron chi connectivity index (χ0n) is 16.4. The molecule has 0 fully saturated rings. The van der Waals surface area contributed by atoms with Gasteiger partial charge in [0.15, 0.2) is 0 Å². The molecule has 0 bridgehead atoms. The Balaban J connectivity index is 1.45. The topological polar surface area (TPSA) is 56.1 Å². The van der Waals surface area contributed by atoms with E-state index in [1.165, 1.54) is 5.69 Å². The average Bonchev–Trinajstić information content (AvgIpc) is 3.14. The van der Waals surface area contributed by atoms with Crippen LogP contribution in [0.25, 0.3) is 0 Å². The Morgan fingerprint density at radius 2 is 2.03 bits per heavy atom. The summed E-state index contributed by atoms with van der Waals surface area (Å²) in [4.78, 5) is 12.6. The first-order valence-electron chi connectivity index (χ1n) is 9.84. The van der Waals surface area contributed by atoms with Gasteiger partial charge in [0, 0.05) is 16.3 Å². The molecule has 0 aliphatic heterocycles. The summed E-state index contributed by atoms with van der Waals surface area (Å²) >= 11 is 6.31. The van der Waals surface area contributed by atoms with Gasteiger partial charge >= 0.3 is 0 Å². The van der Waals surface area contributed by atoms with Crippen LogP contribution >= 0.6 is 11.6 Å². The second kappa shape index (κ2) is 8.70. The van der Waals surface area contributed by atoms with Crippen molar-refractivity contribution in [2.24, 2.45) is 0 Å². The van der Waals surface area contributed by atoms with Crippen LogP contribution in [0, 0.1) is 0 Å². The van der Waals surface area contributed by atoms with E-state index in [-0.39, 0.29) is 11.9 Å². The Labute approximate surface area is 175 Å². The molecule has 1 atom stereocenters. The van der Waals surface area contributed by atoms with Crippen LogP contribution in [-0.2, 0) is 24.2 Å². The Morgan fingerprint density at radius 3 is 2.79 bits per heavy atom. The predicted octanol–water partition coefficient (Wildman–Crippen LogP) is 4.33. The van der Waals surface area contributed by atoms with E-state index in [2.05, 4.69) is 10.4 Å². The lowest BCUT2D eigenvalue weighted by atomic mass is 9.92. The van der Waals surface area contributed by atoms with Crippen LogP contribution in [0.15, 0.2) is 54.7 Å². The minimum absolute atomic E-state index is 0.00416. The third-order valence-corrected chi connectivity index (χ3v) is 5.77. The quantitative estimate of drug-likeness (QED) is 0.659. The number of carbonyl (C=O) groups is 1. The van der Waals surface area contributed by atoms with E-state index in [1.807, 2.05) is 59.4 Å². The summed E-state index contributed by atoms with van der Waals surface area (Å²) in [6, 6.07) is 15.4. The van der Waals surface area contributed by atoms with Gasteiger partial charge in [0.1, 0.15) is 5.75 Å². The number of aromatic nitrogens is 2. The van der Waals surface area contributed by atoms with Gasteiger partial charge < -0.3 is 10.1 Å². The van der Waals surface area contributed by atoms with Gasteiger partial charge in [-0.2, -0.15) is 5.10 Å². The standard InChI is InChI=1S/C23H24ClN3O2/c1-29-18-11-9-16(10-12-18)13-23(28)26-21-7-4-8-22-19(21)14-25-27(22)15-17-5-2-3-6-20(17)24/h2-3,5-6,9-12,14,21H,4,7-8,13,15H2,1H3,(H,26,28)/t21-/m1/s1. The number of rotatable bonds is 6. The second-order valence-corrected chi connectivity index (χ2v) is 7.74. The summed E-state index contributed by atoms with van der Waals surface area (Å²) in [5, 5.41) is 8.53. The number of nitrogens with zero attached hydrogens (tertiary/aromatic N) is 2. The Morgan fingerprint density at radius 1 is 1.24 bits per heavy atom. The van der Waals surface area contributed by atoms with E-state index in [9.17, 15) is 4.79 Å². The molecule has 1 amide bonds. The van der Waals surface area contributed by atoms with Crippen molar-refractivity contribution < 1.29 is 9.53 Å². The summed E-state index contributed by atoms with van der Waals surface area (Å²) in [5.41, 5.74) is 4.32. The molecular weight excluding hydrogens is 386 g/mol. The molecule has 4 rings (SSSR count). The van der Waals surface area contributed by atoms with Crippen molar-refractivity contribution >= 4 is 17.5 Å². The van der Waals surface area contributed by atoms with Crippen molar-refractivity contribution in [3.8, 4) is 5.75 Å². The van der Waals surface area contributed by atoms with Crippen LogP contribution in [0.4, 0.5) is 0 Å². The van der Waals surface area contributed by atoms with Gasteiger partial charge in [-0.15, -0.1) is 0 Å². The summed E-state index contributed by atoms with van der Waals surface area (Å²) in [6.07, 6.45) is 5.16. The van der Waals surface area contributed by atoms with Crippen molar-refractivity contribution in [3.05, 3.63) is 82.1 Å². The summed E-state index contributed by atoms with van der Waals surface area (Å²) in [5.74, 6) is 0.809. The van der Waals surface area contributed by atoms with E-state index in [1.54, 1.807) is 7.11 Å². The molecule has 29 heavy (non-hydrogen) atoms. The van der Waals surface area contributed by atoms with Crippen LogP contribution in [0.1, 0.15) is 41.3 Å². The summed E-state index contributed by atoms with van der Waals surface area (Å²) in [6.45, 7) is 0.640. The SMILES string of the molecule is COc1ccc(CC(=O)N[C@@H]2CCCc3c2cnn3Cc2ccccc2Cl)cc1. The molecule has 3 aromatic rings. The summed E-state index contributed by atoms with van der Waals surface area (Å²) in [7, 11) is 1.63. The van der Waals surface area contributed by atoms with E-state index >= 15 is 0 Å². The molecule has 1 aliphatic carbocycles. The highest BCUT2D eigenvalue weighted by atomic mass is 35.5. The Hall–Kier alpha value is -2.79. The van der Waals surface area contributed by atoms with Gasteiger partial charge in [0.25, 0.3) is 0 Å². The first-order chi connectivity index (χ1) is 14.1. The largest absolute Gasteiger partial charge is 0.497 e. The number of ether oxygens (including phenoxy) is 1. The zero-order valence-corrected chi connectivity index (χ0v) is 17.2. The van der Waals surface area contributed by atoms with Crippen molar-refractivity contribution in [3.63, 3.8) is 0 Å². The number of carbonyl (C=O) groups excluding carboxylic acids is 1. The number of benzene rings is 2. The van der Waals surface area contributed by atoms with Gasteiger partial charge in [0.2, 0.25) is 5.91 Å². The molecule has 1 heterocycles. The molecule has 1 N–H and O–H groups in total. The minimum atomic E-state index is 0.00416. The predicted molar refractivity (Wildman–Crippen MR) is 113 cm³/mol. The lowest BCUT2D eigenvalue weighted by molar-refractivity contribution is -0.121. The number of amides is 1. The molecule has 0 saturated heterocycles. The Bertz CT molecular complexity index is 998. The minimum Gasteiger partial charge on any atom is -0.497 e. The molecule has 150 valence electrons. The lowest BCUT2D eigenvalue weighted by Crippen LogP contribution is -2.32. The number of methoxy groups -OCH3 is 1. The van der Waals surface area contributed by atoms with Crippen LogP contribution in [0.3, 0.4) is 0 Å². The smallest absolute Gasteiger partial charge is 0.224 e. The van der Waals surface area contributed by atoms with Gasteiger partial charge in [-0.3, -0.25) is 9.48 Å². The van der Waals surface area contributed by atoms with E-state index in [0.717, 1.165) is 46.7 Å². The number of hydrogen-bond donors (Lipinski definition) is 1. The number of hydrogen-bond acceptors (Lipinski definition) is 3. The highest BCUT2D eigenvalue weighted by Gasteiger charge is 2.25. The zero-order chi connectivity index (χ0) is 20.2. The molecule has 1 aromatic heterocycles. The highest BCUT2D eigenvalue weighted by Crippen LogP contribution is 2.30. The maximum absolute atomic E-state index is 12.6. The monoisotopic (exact) mass is 409 g/mol. The Kier molecular flexibility index (Phi) is 5.86.